The normalized spacial score (nSPS) is 46.4. The van der Waals surface area contributed by atoms with Crippen LogP contribution in [-0.4, -0.2) is 12.1 Å². The third kappa shape index (κ3) is 1.64. The summed E-state index contributed by atoms with van der Waals surface area (Å²) in [6.07, 6.45) is 3.97. The van der Waals surface area contributed by atoms with E-state index in [1.165, 1.54) is 19.3 Å². The lowest BCUT2D eigenvalue weighted by molar-refractivity contribution is 0.365. The molecule has 0 heterocycles. The molecule has 2 bridgehead atoms. The van der Waals surface area contributed by atoms with Crippen molar-refractivity contribution in [2.45, 2.75) is 31.3 Å². The van der Waals surface area contributed by atoms with Gasteiger partial charge in [-0.05, 0) is 31.1 Å². The molecule has 0 saturated heterocycles. The monoisotopic (exact) mass is 198 g/mol. The molecule has 68 valence electrons. The Morgan fingerprint density at radius 1 is 0.818 bits per heavy atom. The maximum Gasteiger partial charge on any atom is 0.0223 e. The molecule has 4 heteroatoms. The zero-order chi connectivity index (χ0) is 6.43. The average molecular weight is 199 g/mol. The first-order chi connectivity index (χ1) is 4.29. The maximum absolute atomic E-state index is 5.84. The molecular weight excluding hydrogens is 183 g/mol. The second-order valence-corrected chi connectivity index (χ2v) is 3.49. The van der Waals surface area contributed by atoms with Crippen LogP contribution in [0, 0.1) is 11.8 Å². The maximum atomic E-state index is 5.84. The van der Waals surface area contributed by atoms with Gasteiger partial charge in [0, 0.05) is 12.1 Å². The van der Waals surface area contributed by atoms with E-state index in [1.54, 1.807) is 0 Å². The van der Waals surface area contributed by atoms with E-state index >= 15 is 0 Å². The summed E-state index contributed by atoms with van der Waals surface area (Å²) in [5.41, 5.74) is 11.7. The molecule has 0 amide bonds. The summed E-state index contributed by atoms with van der Waals surface area (Å²) >= 11 is 0. The predicted molar refractivity (Wildman–Crippen MR) is 51.3 cm³/mol. The largest absolute Gasteiger partial charge is 0.326 e. The van der Waals surface area contributed by atoms with Gasteiger partial charge in [0.2, 0.25) is 0 Å². The zero-order valence-corrected chi connectivity index (χ0v) is 8.03. The fourth-order valence-corrected chi connectivity index (χ4v) is 2.38. The van der Waals surface area contributed by atoms with Gasteiger partial charge < -0.3 is 11.5 Å². The zero-order valence-electron chi connectivity index (χ0n) is 6.40. The molecule has 4 atom stereocenters. The van der Waals surface area contributed by atoms with E-state index in [2.05, 4.69) is 0 Å². The highest BCUT2D eigenvalue weighted by atomic mass is 35.5. The van der Waals surface area contributed by atoms with Crippen LogP contribution in [0.15, 0.2) is 0 Å². The fourth-order valence-electron chi connectivity index (χ4n) is 2.38. The standard InChI is InChI=1S/C7H14N2.2ClH/c8-6-4-1-2-5(3-4)7(6)9;;/h4-7H,1-3,8-9H2;2*1H/t4-,5+,6-,7-;;/m1../s1. The van der Waals surface area contributed by atoms with E-state index in [-0.39, 0.29) is 24.8 Å². The van der Waals surface area contributed by atoms with E-state index in [9.17, 15) is 0 Å². The van der Waals surface area contributed by atoms with Crippen LogP contribution in [0.1, 0.15) is 19.3 Å². The van der Waals surface area contributed by atoms with Crippen molar-refractivity contribution < 1.29 is 0 Å². The Balaban J connectivity index is 0.000000500. The molecule has 2 nitrogen and oxygen atoms in total. The van der Waals surface area contributed by atoms with Crippen molar-refractivity contribution in [3.05, 3.63) is 0 Å². The van der Waals surface area contributed by atoms with E-state index in [0.717, 1.165) is 11.8 Å². The minimum absolute atomic E-state index is 0. The van der Waals surface area contributed by atoms with E-state index in [4.69, 9.17) is 11.5 Å². The van der Waals surface area contributed by atoms with Gasteiger partial charge in [0.15, 0.2) is 0 Å². The Morgan fingerprint density at radius 3 is 1.36 bits per heavy atom. The fraction of sp³-hybridized carbons (Fsp3) is 1.00. The lowest BCUT2D eigenvalue weighted by Gasteiger charge is -2.23. The number of nitrogens with two attached hydrogens (primary N) is 2. The number of fused-ring (bicyclic) bond motifs is 2. The van der Waals surface area contributed by atoms with Gasteiger partial charge in [-0.25, -0.2) is 0 Å². The summed E-state index contributed by atoms with van der Waals surface area (Å²) in [7, 11) is 0. The van der Waals surface area contributed by atoms with E-state index in [0.29, 0.717) is 12.1 Å². The summed E-state index contributed by atoms with van der Waals surface area (Å²) in [5, 5.41) is 0. The summed E-state index contributed by atoms with van der Waals surface area (Å²) in [6, 6.07) is 0.646. The first-order valence-corrected chi connectivity index (χ1v) is 3.80. The molecule has 2 aliphatic carbocycles. The molecule has 0 aliphatic heterocycles. The minimum Gasteiger partial charge on any atom is -0.326 e. The van der Waals surface area contributed by atoms with Crippen molar-refractivity contribution in [1.29, 1.82) is 0 Å². The molecule has 0 radical (unpaired) electrons. The van der Waals surface area contributed by atoms with Gasteiger partial charge in [-0.2, -0.15) is 0 Å². The van der Waals surface area contributed by atoms with Crippen molar-refractivity contribution in [3.8, 4) is 0 Å². The molecule has 11 heavy (non-hydrogen) atoms. The summed E-state index contributed by atoms with van der Waals surface area (Å²) in [6.45, 7) is 0. The molecule has 2 saturated carbocycles. The third-order valence-electron chi connectivity index (χ3n) is 3.05. The predicted octanol–water partition coefficient (Wildman–Crippen LogP) is 0.914. The van der Waals surface area contributed by atoms with Crippen LogP contribution in [0.2, 0.25) is 0 Å². The average Bonchev–Trinajstić information content (AvgIpc) is 2.37. The second-order valence-electron chi connectivity index (χ2n) is 3.49. The Bertz CT molecular complexity index is 114. The van der Waals surface area contributed by atoms with Gasteiger partial charge in [-0.15, -0.1) is 24.8 Å². The molecule has 0 spiro atoms. The molecule has 0 aromatic rings. The van der Waals surface area contributed by atoms with Gasteiger partial charge in [0.25, 0.3) is 0 Å². The summed E-state index contributed by atoms with van der Waals surface area (Å²) in [5.74, 6) is 1.54. The van der Waals surface area contributed by atoms with Gasteiger partial charge in [0.1, 0.15) is 0 Å². The second kappa shape index (κ2) is 3.94. The van der Waals surface area contributed by atoms with Crippen LogP contribution >= 0.6 is 24.8 Å². The van der Waals surface area contributed by atoms with Crippen LogP contribution in [-0.2, 0) is 0 Å². The van der Waals surface area contributed by atoms with Crippen LogP contribution in [0.25, 0.3) is 0 Å². The number of hydrogen-bond acceptors (Lipinski definition) is 2. The van der Waals surface area contributed by atoms with Crippen LogP contribution in [0.5, 0.6) is 0 Å². The van der Waals surface area contributed by atoms with E-state index in [1.807, 2.05) is 0 Å². The van der Waals surface area contributed by atoms with Crippen molar-refractivity contribution in [2.24, 2.45) is 23.3 Å². The number of rotatable bonds is 0. The molecule has 4 N–H and O–H groups in total. The quantitative estimate of drug-likeness (QED) is 0.609. The van der Waals surface area contributed by atoms with Crippen molar-refractivity contribution >= 4 is 24.8 Å². The lowest BCUT2D eigenvalue weighted by Crippen LogP contribution is -2.45. The van der Waals surface area contributed by atoms with Gasteiger partial charge in [0.05, 0.1) is 0 Å². The van der Waals surface area contributed by atoms with E-state index < -0.39 is 0 Å². The molecule has 2 aliphatic rings. The number of halogens is 2. The van der Waals surface area contributed by atoms with Crippen molar-refractivity contribution in [3.63, 3.8) is 0 Å². The minimum atomic E-state index is 0. The third-order valence-corrected chi connectivity index (χ3v) is 3.05. The van der Waals surface area contributed by atoms with Crippen molar-refractivity contribution in [1.82, 2.24) is 0 Å². The number of hydrogen-bond donors (Lipinski definition) is 2. The Hall–Kier alpha value is 0.500. The Morgan fingerprint density at radius 2 is 1.18 bits per heavy atom. The van der Waals surface area contributed by atoms with Crippen LogP contribution in [0.4, 0.5) is 0 Å². The first kappa shape index (κ1) is 11.5. The first-order valence-electron chi connectivity index (χ1n) is 3.80. The molecule has 2 fully saturated rings. The molecule has 2 rings (SSSR count). The Kier molecular flexibility index (Phi) is 4.12. The van der Waals surface area contributed by atoms with Gasteiger partial charge in [-0.3, -0.25) is 0 Å². The smallest absolute Gasteiger partial charge is 0.0223 e. The lowest BCUT2D eigenvalue weighted by atomic mass is 9.92. The highest BCUT2D eigenvalue weighted by molar-refractivity contribution is 5.85. The molecule has 0 aromatic carbocycles. The van der Waals surface area contributed by atoms with Gasteiger partial charge in [-0.1, -0.05) is 0 Å². The highest BCUT2D eigenvalue weighted by Crippen LogP contribution is 2.42. The topological polar surface area (TPSA) is 52.0 Å². The summed E-state index contributed by atoms with van der Waals surface area (Å²) in [4.78, 5) is 0. The van der Waals surface area contributed by atoms with Gasteiger partial charge >= 0.3 is 0 Å². The Labute approximate surface area is 79.9 Å². The summed E-state index contributed by atoms with van der Waals surface area (Å²) < 4.78 is 0. The van der Waals surface area contributed by atoms with Crippen molar-refractivity contribution in [2.75, 3.05) is 0 Å². The molecule has 0 unspecified atom stereocenters. The highest BCUT2D eigenvalue weighted by Gasteiger charge is 2.43. The van der Waals surface area contributed by atoms with Crippen LogP contribution < -0.4 is 11.5 Å². The van der Waals surface area contributed by atoms with Crippen LogP contribution in [0.3, 0.4) is 0 Å². The molecule has 0 aromatic heterocycles. The molecular formula is C7H16Cl2N2. The SMILES string of the molecule is Cl.Cl.N[C@@H]1[C@@H]2CC[C@@H](C2)[C@H]1N.